The maximum atomic E-state index is 12.4. The van der Waals surface area contributed by atoms with E-state index < -0.39 is 0 Å². The van der Waals surface area contributed by atoms with Crippen LogP contribution in [-0.2, 0) is 16.2 Å². The zero-order chi connectivity index (χ0) is 45.8. The molecule has 0 saturated heterocycles. The number of nitrogens with zero attached hydrogens (tertiary/aromatic N) is 3. The Hall–Kier alpha value is -7.04. The molecule has 0 unspecified atom stereocenters. The Morgan fingerprint density at radius 3 is 1.66 bits per heavy atom. The second-order valence-electron chi connectivity index (χ2n) is 20.7. The number of phenolic OH excluding ortho intramolecular Hbond substituents is 1. The molecule has 0 spiro atoms. The number of fused-ring (bicyclic) bond motifs is 1. The molecule has 4 nitrogen and oxygen atoms in total. The molecule has 0 radical (unpaired) electrons. The molecule has 2 heterocycles. The predicted molar refractivity (Wildman–Crippen MR) is 274 cm³/mol. The Bertz CT molecular complexity index is 3190. The molecule has 0 atom stereocenters. The quantitative estimate of drug-likeness (QED) is 0.174. The van der Waals surface area contributed by atoms with Crippen molar-refractivity contribution < 1.29 is 5.11 Å². The predicted octanol–water partition coefficient (Wildman–Crippen LogP) is 16.3. The van der Waals surface area contributed by atoms with Gasteiger partial charge >= 0.3 is 0 Å². The minimum atomic E-state index is -0.313. The van der Waals surface area contributed by atoms with Gasteiger partial charge in [-0.2, -0.15) is 0 Å². The van der Waals surface area contributed by atoms with E-state index in [0.29, 0.717) is 11.4 Å². The van der Waals surface area contributed by atoms with Gasteiger partial charge in [-0.15, -0.1) is 0 Å². The molecule has 324 valence electrons. The minimum absolute atomic E-state index is 0.147. The zero-order valence-electron chi connectivity index (χ0n) is 39.5. The topological polar surface area (TPSA) is 50.9 Å². The van der Waals surface area contributed by atoms with E-state index >= 15 is 0 Å². The van der Waals surface area contributed by atoms with Crippen LogP contribution in [0.4, 0.5) is 0 Å². The lowest BCUT2D eigenvalue weighted by Gasteiger charge is -2.27. The summed E-state index contributed by atoms with van der Waals surface area (Å²) in [6, 6.07) is 58.5. The van der Waals surface area contributed by atoms with Crippen LogP contribution < -0.4 is 0 Å². The van der Waals surface area contributed by atoms with Crippen molar-refractivity contribution in [2.45, 2.75) is 85.5 Å². The number of para-hydroxylation sites is 1. The van der Waals surface area contributed by atoms with Crippen molar-refractivity contribution in [2.75, 3.05) is 0 Å². The Labute approximate surface area is 385 Å². The second-order valence-corrected chi connectivity index (χ2v) is 20.7. The molecule has 65 heavy (non-hydrogen) atoms. The summed E-state index contributed by atoms with van der Waals surface area (Å²) in [7, 11) is 0. The van der Waals surface area contributed by atoms with Crippen molar-refractivity contribution in [2.24, 2.45) is 0 Å². The number of aryl methyl sites for hydroxylation is 1. The number of imidazole rings is 1. The van der Waals surface area contributed by atoms with E-state index in [2.05, 4.69) is 238 Å². The highest BCUT2D eigenvalue weighted by Gasteiger charge is 2.29. The monoisotopic (exact) mass is 849 g/mol. The highest BCUT2D eigenvalue weighted by Crippen LogP contribution is 2.45. The first-order valence-corrected chi connectivity index (χ1v) is 22.8. The third-order valence-corrected chi connectivity index (χ3v) is 12.6. The molecule has 0 aliphatic rings. The minimum Gasteiger partial charge on any atom is -0.507 e. The van der Waals surface area contributed by atoms with Gasteiger partial charge in [0.15, 0.2) is 0 Å². The average Bonchev–Trinajstić information content (AvgIpc) is 3.68. The molecule has 0 bridgehead atoms. The molecule has 4 heteroatoms. The Morgan fingerprint density at radius 2 is 1.03 bits per heavy atom. The van der Waals surface area contributed by atoms with Crippen LogP contribution in [0.1, 0.15) is 84.6 Å². The fourth-order valence-corrected chi connectivity index (χ4v) is 8.89. The number of phenols is 1. The second kappa shape index (κ2) is 16.5. The molecule has 9 rings (SSSR count). The molecular formula is C61H59N3O. The number of rotatable bonds is 7. The van der Waals surface area contributed by atoms with Crippen LogP contribution in [-0.4, -0.2) is 19.6 Å². The van der Waals surface area contributed by atoms with Gasteiger partial charge in [-0.05, 0) is 127 Å². The van der Waals surface area contributed by atoms with Gasteiger partial charge in [0.1, 0.15) is 11.6 Å². The van der Waals surface area contributed by atoms with Gasteiger partial charge in [-0.25, -0.2) is 4.98 Å². The highest BCUT2D eigenvalue weighted by atomic mass is 16.3. The Balaban J connectivity index is 1.26. The van der Waals surface area contributed by atoms with Gasteiger partial charge in [-0.3, -0.25) is 9.55 Å². The Kier molecular flexibility index (Phi) is 11.0. The number of pyridine rings is 1. The number of benzene rings is 7. The third-order valence-electron chi connectivity index (χ3n) is 12.6. The highest BCUT2D eigenvalue weighted by molar-refractivity contribution is 5.97. The van der Waals surface area contributed by atoms with E-state index in [9.17, 15) is 5.11 Å². The van der Waals surface area contributed by atoms with Crippen LogP contribution in [0.3, 0.4) is 0 Å². The van der Waals surface area contributed by atoms with Crippen molar-refractivity contribution in [3.8, 4) is 78.6 Å². The van der Waals surface area contributed by atoms with Crippen LogP contribution in [0.15, 0.2) is 170 Å². The zero-order valence-corrected chi connectivity index (χ0v) is 39.5. The van der Waals surface area contributed by atoms with E-state index in [0.717, 1.165) is 78.0 Å². The van der Waals surface area contributed by atoms with E-state index in [1.165, 1.54) is 16.7 Å². The van der Waals surface area contributed by atoms with Gasteiger partial charge in [0.25, 0.3) is 0 Å². The number of hydrogen-bond acceptors (Lipinski definition) is 3. The van der Waals surface area contributed by atoms with Gasteiger partial charge < -0.3 is 5.11 Å². The van der Waals surface area contributed by atoms with E-state index in [-0.39, 0.29) is 22.0 Å². The smallest absolute Gasteiger partial charge is 0.149 e. The van der Waals surface area contributed by atoms with Crippen LogP contribution in [0.2, 0.25) is 0 Å². The SMILES string of the molecule is Cc1cc(-c2ccccc2)cc(-n2c(-c3cc(C(C)(C)C)cc(C(C)(C)C)c3O)nc3c(-c4cc(-c5cc(-c6ccc(-c7ccccc7)cc6)ccn5)cc(C(C)(C)C)c4)cccc32)c1. The van der Waals surface area contributed by atoms with E-state index in [1.807, 2.05) is 6.20 Å². The molecule has 9 aromatic rings. The van der Waals surface area contributed by atoms with Crippen LogP contribution in [0, 0.1) is 6.92 Å². The van der Waals surface area contributed by atoms with Gasteiger partial charge in [0.2, 0.25) is 0 Å². The number of aromatic nitrogens is 3. The van der Waals surface area contributed by atoms with Crippen LogP contribution in [0.25, 0.3) is 83.9 Å². The molecule has 0 aliphatic carbocycles. The lowest BCUT2D eigenvalue weighted by Crippen LogP contribution is -2.17. The van der Waals surface area contributed by atoms with Crippen LogP contribution in [0.5, 0.6) is 5.75 Å². The largest absolute Gasteiger partial charge is 0.507 e. The van der Waals surface area contributed by atoms with Gasteiger partial charge in [0.05, 0.1) is 22.3 Å². The molecule has 0 aliphatic heterocycles. The molecular weight excluding hydrogens is 791 g/mol. The van der Waals surface area contributed by atoms with E-state index in [1.54, 1.807) is 0 Å². The molecule has 1 N–H and O–H groups in total. The third kappa shape index (κ3) is 8.66. The molecule has 0 fully saturated rings. The van der Waals surface area contributed by atoms with Gasteiger partial charge in [0, 0.05) is 28.6 Å². The number of hydrogen-bond donors (Lipinski definition) is 1. The summed E-state index contributed by atoms with van der Waals surface area (Å²) in [6.45, 7) is 22.1. The van der Waals surface area contributed by atoms with Crippen LogP contribution >= 0.6 is 0 Å². The first-order valence-electron chi connectivity index (χ1n) is 22.8. The first kappa shape index (κ1) is 43.2. The molecule has 0 amide bonds. The van der Waals surface area contributed by atoms with Crippen molar-refractivity contribution in [1.29, 1.82) is 0 Å². The fraction of sp³-hybridized carbons (Fsp3) is 0.213. The first-order chi connectivity index (χ1) is 30.9. The average molecular weight is 850 g/mol. The van der Waals surface area contributed by atoms with Crippen molar-refractivity contribution in [3.05, 3.63) is 192 Å². The summed E-state index contributed by atoms with van der Waals surface area (Å²) in [5.41, 5.74) is 18.2. The summed E-state index contributed by atoms with van der Waals surface area (Å²) in [5, 5.41) is 12.4. The summed E-state index contributed by atoms with van der Waals surface area (Å²) in [4.78, 5) is 10.6. The van der Waals surface area contributed by atoms with Crippen molar-refractivity contribution >= 4 is 11.0 Å². The number of aromatic hydroxyl groups is 1. The summed E-state index contributed by atoms with van der Waals surface area (Å²) >= 11 is 0. The summed E-state index contributed by atoms with van der Waals surface area (Å²) in [5.74, 6) is 0.961. The molecule has 0 saturated carbocycles. The summed E-state index contributed by atoms with van der Waals surface area (Å²) in [6.07, 6.45) is 1.92. The fourth-order valence-electron chi connectivity index (χ4n) is 8.89. The normalized spacial score (nSPS) is 12.2. The standard InChI is InChI=1S/C61H59N3O/c1-39-30-45(41-20-15-12-16-21-41)35-50(31-39)64-55-23-17-22-51(56(55)63-58(64)52-37-49(60(5,6)7)38-53(57(52)65)61(8,9)10)46-32-47(34-48(33-46)59(2,3)4)54-36-44(28-29-62-54)43-26-24-42(25-27-43)40-18-13-11-14-19-40/h11-38,65H,1-10H3. The molecule has 2 aromatic heterocycles. The van der Waals surface area contributed by atoms with Gasteiger partial charge in [-0.1, -0.05) is 178 Å². The molecule has 7 aromatic carbocycles. The maximum Gasteiger partial charge on any atom is 0.149 e. The maximum absolute atomic E-state index is 12.4. The lowest BCUT2D eigenvalue weighted by atomic mass is 9.79. The van der Waals surface area contributed by atoms with E-state index in [4.69, 9.17) is 9.97 Å². The Morgan fingerprint density at radius 1 is 0.446 bits per heavy atom. The van der Waals surface area contributed by atoms with Crippen molar-refractivity contribution in [3.63, 3.8) is 0 Å². The lowest BCUT2D eigenvalue weighted by molar-refractivity contribution is 0.446. The van der Waals surface area contributed by atoms with Crippen molar-refractivity contribution in [1.82, 2.24) is 14.5 Å². The summed E-state index contributed by atoms with van der Waals surface area (Å²) < 4.78 is 2.26.